The second-order valence-corrected chi connectivity index (χ2v) is 5.67. The smallest absolute Gasteiger partial charge is 0.0791 e. The summed E-state index contributed by atoms with van der Waals surface area (Å²) in [6.45, 7) is 17.3. The lowest BCUT2D eigenvalue weighted by molar-refractivity contribution is 0.0716. The van der Waals surface area contributed by atoms with Crippen LogP contribution < -0.4 is 0 Å². The molecule has 0 aliphatic heterocycles. The van der Waals surface area contributed by atoms with E-state index < -0.39 is 0 Å². The molecule has 1 aromatic carbocycles. The Labute approximate surface area is 123 Å². The molecule has 0 aliphatic rings. The lowest BCUT2D eigenvalue weighted by Gasteiger charge is -2.15. The summed E-state index contributed by atoms with van der Waals surface area (Å²) < 4.78 is 5.74. The summed E-state index contributed by atoms with van der Waals surface area (Å²) in [5.41, 5.74) is 4.35. The fraction of sp³-hybridized carbons (Fsp3) is 0.368. The second-order valence-electron chi connectivity index (χ2n) is 5.67. The van der Waals surface area contributed by atoms with Gasteiger partial charge in [0.15, 0.2) is 0 Å². The topological polar surface area (TPSA) is 9.23 Å². The van der Waals surface area contributed by atoms with Gasteiger partial charge in [-0.25, -0.2) is 0 Å². The van der Waals surface area contributed by atoms with Gasteiger partial charge in [0.2, 0.25) is 0 Å². The fourth-order valence-corrected chi connectivity index (χ4v) is 1.65. The Balaban J connectivity index is 2.56. The molecule has 1 nitrogen and oxygen atoms in total. The maximum Gasteiger partial charge on any atom is 0.0791 e. The van der Waals surface area contributed by atoms with Crippen molar-refractivity contribution in [2.75, 3.05) is 6.61 Å². The molecular weight excluding hydrogens is 244 g/mol. The number of rotatable bonds is 7. The zero-order valence-corrected chi connectivity index (χ0v) is 13.1. The minimum absolute atomic E-state index is 0.0412. The molecule has 0 N–H and O–H groups in total. The summed E-state index contributed by atoms with van der Waals surface area (Å²) in [6, 6.07) is 8.36. The molecule has 1 heteroatoms. The molecule has 0 heterocycles. The zero-order chi connectivity index (χ0) is 15.1. The van der Waals surface area contributed by atoms with Crippen molar-refractivity contribution in [3.8, 4) is 0 Å². The van der Waals surface area contributed by atoms with E-state index >= 15 is 0 Å². The van der Waals surface area contributed by atoms with Gasteiger partial charge in [0.05, 0.1) is 6.10 Å². The van der Waals surface area contributed by atoms with Gasteiger partial charge < -0.3 is 4.74 Å². The van der Waals surface area contributed by atoms with E-state index in [9.17, 15) is 0 Å². The van der Waals surface area contributed by atoms with Gasteiger partial charge in [-0.05, 0) is 36.5 Å². The predicted octanol–water partition coefficient (Wildman–Crippen LogP) is 5.18. The van der Waals surface area contributed by atoms with Gasteiger partial charge in [-0.1, -0.05) is 69.0 Å². The molecule has 0 radical (unpaired) electrons. The number of benzene rings is 1. The van der Waals surface area contributed by atoms with Gasteiger partial charge in [-0.15, -0.1) is 0 Å². The van der Waals surface area contributed by atoms with Crippen LogP contribution in [0, 0.1) is 12.8 Å². The van der Waals surface area contributed by atoms with Crippen molar-refractivity contribution in [2.45, 2.75) is 33.8 Å². The molecule has 108 valence electrons. The summed E-state index contributed by atoms with van der Waals surface area (Å²) in [5, 5.41) is 0. The van der Waals surface area contributed by atoms with E-state index in [4.69, 9.17) is 4.74 Å². The molecule has 0 saturated carbocycles. The summed E-state index contributed by atoms with van der Waals surface area (Å²) in [7, 11) is 0. The number of hydrogen-bond acceptors (Lipinski definition) is 1. The van der Waals surface area contributed by atoms with Crippen molar-refractivity contribution in [1.29, 1.82) is 0 Å². The van der Waals surface area contributed by atoms with Gasteiger partial charge in [-0.3, -0.25) is 0 Å². The van der Waals surface area contributed by atoms with E-state index in [1.165, 1.54) is 5.56 Å². The standard InChI is InChI=1S/C19H26O/c1-14(2)13-20-18(6)16(4)9-10-17(5)19-11-7-15(3)8-12-19/h7-12,14,18H,4-5,13H2,1-3,6H3/b10-9-/t18-/m0/s1. The molecule has 20 heavy (non-hydrogen) atoms. The van der Waals surface area contributed by atoms with Crippen molar-refractivity contribution < 1.29 is 4.74 Å². The summed E-state index contributed by atoms with van der Waals surface area (Å²) in [4.78, 5) is 0. The maximum absolute atomic E-state index is 5.74. The van der Waals surface area contributed by atoms with Gasteiger partial charge in [0, 0.05) is 6.61 Å². The molecule has 0 amide bonds. The number of allylic oxidation sites excluding steroid dienone is 2. The molecule has 0 saturated heterocycles. The first-order valence-corrected chi connectivity index (χ1v) is 7.14. The summed E-state index contributed by atoms with van der Waals surface area (Å²) >= 11 is 0. The molecule has 0 unspecified atom stereocenters. The molecule has 1 atom stereocenters. The van der Waals surface area contributed by atoms with Crippen molar-refractivity contribution in [1.82, 2.24) is 0 Å². The minimum atomic E-state index is 0.0412. The van der Waals surface area contributed by atoms with E-state index in [0.717, 1.165) is 23.3 Å². The molecule has 0 spiro atoms. The van der Waals surface area contributed by atoms with E-state index in [1.54, 1.807) is 0 Å². The Bertz CT molecular complexity index is 477. The predicted molar refractivity (Wildman–Crippen MR) is 88.7 cm³/mol. The molecule has 0 fully saturated rings. The van der Waals surface area contributed by atoms with Gasteiger partial charge in [0.25, 0.3) is 0 Å². The van der Waals surface area contributed by atoms with Crippen LogP contribution >= 0.6 is 0 Å². The average molecular weight is 270 g/mol. The third-order valence-corrected chi connectivity index (χ3v) is 3.12. The van der Waals surface area contributed by atoms with E-state index in [0.29, 0.717) is 5.92 Å². The van der Waals surface area contributed by atoms with E-state index in [1.807, 2.05) is 19.1 Å². The van der Waals surface area contributed by atoms with Crippen molar-refractivity contribution in [2.24, 2.45) is 5.92 Å². The molecule has 0 bridgehead atoms. The third-order valence-electron chi connectivity index (χ3n) is 3.12. The largest absolute Gasteiger partial charge is 0.374 e. The Morgan fingerprint density at radius 3 is 2.25 bits per heavy atom. The van der Waals surface area contributed by atoms with Crippen LogP contribution in [0.15, 0.2) is 55.1 Å². The van der Waals surface area contributed by atoms with Crippen LogP contribution in [-0.4, -0.2) is 12.7 Å². The van der Waals surface area contributed by atoms with E-state index in [2.05, 4.69) is 58.2 Å². The Kier molecular flexibility index (Phi) is 6.47. The summed E-state index contributed by atoms with van der Waals surface area (Å²) in [5.74, 6) is 0.539. The summed E-state index contributed by atoms with van der Waals surface area (Å²) in [6.07, 6.45) is 4.04. The van der Waals surface area contributed by atoms with Crippen LogP contribution in [0.3, 0.4) is 0 Å². The number of hydrogen-bond donors (Lipinski definition) is 0. The number of aryl methyl sites for hydroxylation is 1. The van der Waals surface area contributed by atoms with Crippen LogP contribution in [0.4, 0.5) is 0 Å². The van der Waals surface area contributed by atoms with Crippen LogP contribution in [0.25, 0.3) is 5.57 Å². The Morgan fingerprint density at radius 2 is 1.70 bits per heavy atom. The van der Waals surface area contributed by atoms with Crippen molar-refractivity contribution in [3.05, 3.63) is 66.3 Å². The fourth-order valence-electron chi connectivity index (χ4n) is 1.65. The molecule has 0 aromatic heterocycles. The minimum Gasteiger partial charge on any atom is -0.374 e. The van der Waals surface area contributed by atoms with Gasteiger partial charge in [0.1, 0.15) is 0 Å². The van der Waals surface area contributed by atoms with Crippen molar-refractivity contribution >= 4 is 5.57 Å². The lowest BCUT2D eigenvalue weighted by Crippen LogP contribution is -2.13. The monoisotopic (exact) mass is 270 g/mol. The SMILES string of the molecule is C=C(/C=C\C(=C)[C@H](C)OCC(C)C)c1ccc(C)cc1. The Morgan fingerprint density at radius 1 is 1.10 bits per heavy atom. The highest BCUT2D eigenvalue weighted by molar-refractivity contribution is 5.72. The van der Waals surface area contributed by atoms with Crippen LogP contribution in [0.5, 0.6) is 0 Å². The average Bonchev–Trinajstić information content (AvgIpc) is 2.42. The highest BCUT2D eigenvalue weighted by atomic mass is 16.5. The third kappa shape index (κ3) is 5.58. The van der Waals surface area contributed by atoms with Crippen LogP contribution in [0.2, 0.25) is 0 Å². The second kappa shape index (κ2) is 7.86. The molecule has 0 aliphatic carbocycles. The lowest BCUT2D eigenvalue weighted by atomic mass is 10.0. The van der Waals surface area contributed by atoms with Gasteiger partial charge in [-0.2, -0.15) is 0 Å². The van der Waals surface area contributed by atoms with Crippen LogP contribution in [0.1, 0.15) is 31.9 Å². The molecule has 1 rings (SSSR count). The first-order chi connectivity index (χ1) is 9.40. The normalized spacial score (nSPS) is 12.8. The zero-order valence-electron chi connectivity index (χ0n) is 13.1. The maximum atomic E-state index is 5.74. The highest BCUT2D eigenvalue weighted by Crippen LogP contribution is 2.16. The first-order valence-electron chi connectivity index (χ1n) is 7.14. The highest BCUT2D eigenvalue weighted by Gasteiger charge is 2.05. The van der Waals surface area contributed by atoms with Crippen molar-refractivity contribution in [3.63, 3.8) is 0 Å². The van der Waals surface area contributed by atoms with Crippen LogP contribution in [-0.2, 0) is 4.74 Å². The molecule has 1 aromatic rings. The van der Waals surface area contributed by atoms with Gasteiger partial charge >= 0.3 is 0 Å². The van der Waals surface area contributed by atoms with E-state index in [-0.39, 0.29) is 6.10 Å². The molecular formula is C19H26O. The first kappa shape index (κ1) is 16.5. The quantitative estimate of drug-likeness (QED) is 0.620. The number of ether oxygens (including phenoxy) is 1. The Hall–Kier alpha value is -1.60.